The van der Waals surface area contributed by atoms with E-state index in [0.717, 1.165) is 12.1 Å². The third kappa shape index (κ3) is 3.14. The van der Waals surface area contributed by atoms with Crippen LogP contribution in [0.3, 0.4) is 0 Å². The molecule has 1 atom stereocenters. The number of carbonyl (C=O) groups excluding carboxylic acids is 1. The Morgan fingerprint density at radius 2 is 2.18 bits per heavy atom. The summed E-state index contributed by atoms with van der Waals surface area (Å²) in [4.78, 5) is 13.9. The lowest BCUT2D eigenvalue weighted by Gasteiger charge is -2.18. The van der Waals surface area contributed by atoms with E-state index in [1.807, 2.05) is 0 Å². The number of hydrogen-bond acceptors (Lipinski definition) is 4. The van der Waals surface area contributed by atoms with Gasteiger partial charge in [0.25, 0.3) is 5.91 Å². The standard InChI is InChI=1S/C15H14F2N2O2S/c16-10-1-2-12(17)11(9-10)14-4-6-19(7-8-22-14)15(20)13-3-5-18-21-13/h1-3,5,9,14H,4,6-8H2/t14-/m0/s1. The van der Waals surface area contributed by atoms with Gasteiger partial charge >= 0.3 is 0 Å². The van der Waals surface area contributed by atoms with E-state index in [2.05, 4.69) is 5.16 Å². The quantitative estimate of drug-likeness (QED) is 0.850. The van der Waals surface area contributed by atoms with Crippen LogP contribution in [0.5, 0.6) is 0 Å². The van der Waals surface area contributed by atoms with Crippen molar-refractivity contribution in [3.63, 3.8) is 0 Å². The Morgan fingerprint density at radius 3 is 2.95 bits per heavy atom. The molecule has 22 heavy (non-hydrogen) atoms. The minimum atomic E-state index is -0.448. The molecule has 1 amide bonds. The second kappa shape index (κ2) is 6.48. The van der Waals surface area contributed by atoms with E-state index in [1.165, 1.54) is 30.1 Å². The van der Waals surface area contributed by atoms with E-state index >= 15 is 0 Å². The Labute approximate surface area is 130 Å². The second-order valence-corrected chi connectivity index (χ2v) is 6.29. The van der Waals surface area contributed by atoms with Crippen molar-refractivity contribution in [1.82, 2.24) is 10.1 Å². The zero-order chi connectivity index (χ0) is 15.5. The van der Waals surface area contributed by atoms with Gasteiger partial charge < -0.3 is 9.42 Å². The highest BCUT2D eigenvalue weighted by Gasteiger charge is 2.26. The van der Waals surface area contributed by atoms with Gasteiger partial charge in [-0.1, -0.05) is 5.16 Å². The number of aromatic nitrogens is 1. The molecule has 0 saturated carbocycles. The van der Waals surface area contributed by atoms with Crippen LogP contribution < -0.4 is 0 Å². The number of thioether (sulfide) groups is 1. The number of hydrogen-bond donors (Lipinski definition) is 0. The average Bonchev–Trinajstić information content (AvgIpc) is 2.94. The molecule has 4 nitrogen and oxygen atoms in total. The highest BCUT2D eigenvalue weighted by Crippen LogP contribution is 2.36. The molecule has 0 unspecified atom stereocenters. The van der Waals surface area contributed by atoms with Crippen LogP contribution in [0.25, 0.3) is 0 Å². The predicted octanol–water partition coefficient (Wildman–Crippen LogP) is 3.27. The Morgan fingerprint density at radius 1 is 1.32 bits per heavy atom. The van der Waals surface area contributed by atoms with Gasteiger partial charge in [-0.3, -0.25) is 4.79 Å². The Bertz CT molecular complexity index is 664. The Hall–Kier alpha value is -1.89. The molecule has 0 radical (unpaired) electrons. The smallest absolute Gasteiger partial charge is 0.292 e. The Kier molecular flexibility index (Phi) is 4.42. The van der Waals surface area contributed by atoms with Gasteiger partial charge in [-0.25, -0.2) is 8.78 Å². The van der Waals surface area contributed by atoms with E-state index in [1.54, 1.807) is 4.90 Å². The maximum atomic E-state index is 13.9. The molecular formula is C15H14F2N2O2S. The van der Waals surface area contributed by atoms with E-state index < -0.39 is 11.6 Å². The molecule has 1 fully saturated rings. The van der Waals surface area contributed by atoms with Crippen LogP contribution in [0.4, 0.5) is 8.78 Å². The number of benzene rings is 1. The maximum Gasteiger partial charge on any atom is 0.292 e. The van der Waals surface area contributed by atoms with E-state index in [9.17, 15) is 13.6 Å². The fourth-order valence-corrected chi connectivity index (χ4v) is 3.71. The van der Waals surface area contributed by atoms with Crippen LogP contribution in [-0.2, 0) is 0 Å². The molecule has 1 aliphatic rings. The number of carbonyl (C=O) groups is 1. The third-order valence-electron chi connectivity index (χ3n) is 3.58. The average molecular weight is 324 g/mol. The van der Waals surface area contributed by atoms with Crippen molar-refractivity contribution in [2.45, 2.75) is 11.7 Å². The molecule has 0 bridgehead atoms. The Balaban J connectivity index is 1.72. The van der Waals surface area contributed by atoms with Crippen LogP contribution in [-0.4, -0.2) is 34.8 Å². The summed E-state index contributed by atoms with van der Waals surface area (Å²) in [5, 5.41) is 3.36. The van der Waals surface area contributed by atoms with Crippen LogP contribution in [0.15, 0.2) is 35.0 Å². The molecule has 1 aliphatic heterocycles. The topological polar surface area (TPSA) is 46.3 Å². The van der Waals surface area contributed by atoms with E-state index in [-0.39, 0.29) is 16.9 Å². The summed E-state index contributed by atoms with van der Waals surface area (Å²) in [5.41, 5.74) is 0.360. The first-order valence-corrected chi connectivity index (χ1v) is 7.96. The predicted molar refractivity (Wildman–Crippen MR) is 78.6 cm³/mol. The van der Waals surface area contributed by atoms with Gasteiger partial charge in [-0.2, -0.15) is 11.8 Å². The normalized spacial score (nSPS) is 19.0. The summed E-state index contributed by atoms with van der Waals surface area (Å²) in [6.45, 7) is 1.00. The fourth-order valence-electron chi connectivity index (χ4n) is 2.47. The van der Waals surface area contributed by atoms with Gasteiger partial charge in [0.2, 0.25) is 5.76 Å². The van der Waals surface area contributed by atoms with Crippen molar-refractivity contribution in [1.29, 1.82) is 0 Å². The van der Waals surface area contributed by atoms with Crippen molar-refractivity contribution < 1.29 is 18.1 Å². The third-order valence-corrected chi connectivity index (χ3v) is 4.89. The van der Waals surface area contributed by atoms with Gasteiger partial charge in [0.15, 0.2) is 0 Å². The van der Waals surface area contributed by atoms with Crippen molar-refractivity contribution in [3.05, 3.63) is 53.4 Å². The molecule has 1 aromatic heterocycles. The van der Waals surface area contributed by atoms with Crippen molar-refractivity contribution in [3.8, 4) is 0 Å². The monoisotopic (exact) mass is 324 g/mol. The molecule has 116 valence electrons. The molecule has 2 aromatic rings. The zero-order valence-corrected chi connectivity index (χ0v) is 12.5. The summed E-state index contributed by atoms with van der Waals surface area (Å²) in [7, 11) is 0. The van der Waals surface area contributed by atoms with Gasteiger partial charge in [0.05, 0.1) is 6.20 Å². The minimum Gasteiger partial charge on any atom is -0.351 e. The van der Waals surface area contributed by atoms with Crippen LogP contribution in [0, 0.1) is 11.6 Å². The summed E-state index contributed by atoms with van der Waals surface area (Å²) < 4.78 is 32.1. The first-order valence-electron chi connectivity index (χ1n) is 6.91. The molecule has 1 saturated heterocycles. The lowest BCUT2D eigenvalue weighted by Crippen LogP contribution is -2.32. The number of halogens is 2. The van der Waals surface area contributed by atoms with Crippen molar-refractivity contribution >= 4 is 17.7 Å². The highest BCUT2D eigenvalue weighted by atomic mass is 32.2. The van der Waals surface area contributed by atoms with Crippen LogP contribution in [0.1, 0.15) is 27.8 Å². The molecule has 0 N–H and O–H groups in total. The summed E-state index contributed by atoms with van der Waals surface area (Å²) in [5.74, 6) is -0.232. The largest absolute Gasteiger partial charge is 0.351 e. The lowest BCUT2D eigenvalue weighted by atomic mass is 10.1. The molecule has 2 heterocycles. The van der Waals surface area contributed by atoms with Crippen LogP contribution >= 0.6 is 11.8 Å². The minimum absolute atomic E-state index is 0.164. The molecular weight excluding hydrogens is 310 g/mol. The molecule has 0 spiro atoms. The zero-order valence-electron chi connectivity index (χ0n) is 11.7. The van der Waals surface area contributed by atoms with Crippen LogP contribution in [0.2, 0.25) is 0 Å². The number of amides is 1. The highest BCUT2D eigenvalue weighted by molar-refractivity contribution is 7.99. The molecule has 1 aromatic carbocycles. The lowest BCUT2D eigenvalue weighted by molar-refractivity contribution is 0.0724. The van der Waals surface area contributed by atoms with Gasteiger partial charge in [0.1, 0.15) is 11.6 Å². The summed E-state index contributed by atoms with van der Waals surface area (Å²) in [6.07, 6.45) is 1.98. The van der Waals surface area contributed by atoms with Gasteiger partial charge in [-0.05, 0) is 24.6 Å². The SMILES string of the molecule is O=C(c1ccno1)N1CCS[C@H](c2cc(F)ccc2F)CC1. The summed E-state index contributed by atoms with van der Waals surface area (Å²) >= 11 is 1.53. The first kappa shape index (κ1) is 15.0. The number of rotatable bonds is 2. The van der Waals surface area contributed by atoms with Crippen molar-refractivity contribution in [2.24, 2.45) is 0 Å². The molecule has 3 rings (SSSR count). The molecule has 0 aliphatic carbocycles. The molecule has 7 heteroatoms. The second-order valence-electron chi connectivity index (χ2n) is 4.98. The first-order chi connectivity index (χ1) is 10.6. The maximum absolute atomic E-state index is 13.9. The number of nitrogens with zero attached hydrogens (tertiary/aromatic N) is 2. The van der Waals surface area contributed by atoms with E-state index in [0.29, 0.717) is 30.8 Å². The van der Waals surface area contributed by atoms with Gasteiger partial charge in [0, 0.05) is 35.7 Å². The van der Waals surface area contributed by atoms with Crippen molar-refractivity contribution in [2.75, 3.05) is 18.8 Å². The van der Waals surface area contributed by atoms with Gasteiger partial charge in [-0.15, -0.1) is 0 Å². The van der Waals surface area contributed by atoms with E-state index in [4.69, 9.17) is 4.52 Å². The fraction of sp³-hybridized carbons (Fsp3) is 0.333. The summed E-state index contributed by atoms with van der Waals surface area (Å²) in [6, 6.07) is 5.01.